The lowest BCUT2D eigenvalue weighted by Crippen LogP contribution is -1.92. The van der Waals surface area contributed by atoms with Crippen molar-refractivity contribution in [2.75, 3.05) is 6.61 Å². The highest BCUT2D eigenvalue weighted by atomic mass is 32.2. The number of hydrogen-bond donors (Lipinski definition) is 0. The lowest BCUT2D eigenvalue weighted by Gasteiger charge is -2.05. The molecule has 8 heteroatoms. The van der Waals surface area contributed by atoms with Crippen molar-refractivity contribution in [1.82, 2.24) is 0 Å². The van der Waals surface area contributed by atoms with Crippen LogP contribution < -0.4 is 4.74 Å². The van der Waals surface area contributed by atoms with E-state index in [1.54, 1.807) is 0 Å². The van der Waals surface area contributed by atoms with E-state index in [1.807, 2.05) is 61.5 Å². The monoisotopic (exact) mass is 360 g/mol. The van der Waals surface area contributed by atoms with Crippen LogP contribution in [0.4, 0.5) is 23.5 Å². The molecule has 0 aliphatic carbocycles. The van der Waals surface area contributed by atoms with Gasteiger partial charge in [0.05, 0.1) is 13.2 Å². The highest BCUT2D eigenvalue weighted by molar-refractivity contribution is 7.94. The summed E-state index contributed by atoms with van der Waals surface area (Å²) in [6.45, 7) is 3.26. The maximum Gasteiger partial charge on any atom is 0.119 e. The van der Waals surface area contributed by atoms with E-state index in [2.05, 4.69) is 0 Å². The fourth-order valence-electron chi connectivity index (χ4n) is 1.49. The molecule has 0 amide bonds. The number of ether oxygens (including phenoxy) is 1. The highest BCUT2D eigenvalue weighted by Crippen LogP contribution is 2.21. The highest BCUT2D eigenvalue weighted by Gasteiger charge is 1.97. The van der Waals surface area contributed by atoms with Crippen molar-refractivity contribution in [1.29, 1.82) is 0 Å². The second-order valence-corrected chi connectivity index (χ2v) is 4.61. The third-order valence-electron chi connectivity index (χ3n) is 2.36. The topological polar surface area (TPSA) is 18.5 Å². The minimum absolute atomic E-state index is 0. The molecule has 0 heterocycles. The first-order chi connectivity index (χ1) is 8.88. The van der Waals surface area contributed by atoms with Crippen LogP contribution >= 0.6 is 12.0 Å². The average Bonchev–Trinajstić information content (AvgIpc) is 2.42. The molecular formula is C15H21F5O2S. The van der Waals surface area contributed by atoms with Gasteiger partial charge in [0.25, 0.3) is 0 Å². The molecule has 0 saturated carbocycles. The lowest BCUT2D eigenvalue weighted by molar-refractivity contribution is 0.339. The van der Waals surface area contributed by atoms with Crippen molar-refractivity contribution in [3.63, 3.8) is 0 Å². The molecule has 0 unspecified atom stereocenters. The Kier molecular flexibility index (Phi) is 21.1. The van der Waals surface area contributed by atoms with E-state index in [-0.39, 0.29) is 23.5 Å². The predicted molar refractivity (Wildman–Crippen MR) is 87.2 cm³/mol. The van der Waals surface area contributed by atoms with E-state index in [0.29, 0.717) is 13.2 Å². The SMILES string of the molecule is CCOc1ccc(COSc2ccccc2)cc1.F.F.F.F.F. The smallest absolute Gasteiger partial charge is 0.119 e. The number of benzene rings is 2. The predicted octanol–water partition coefficient (Wildman–Crippen LogP) is 5.07. The molecule has 0 fully saturated rings. The quantitative estimate of drug-likeness (QED) is 0.529. The van der Waals surface area contributed by atoms with Gasteiger partial charge in [-0.05, 0) is 36.8 Å². The fraction of sp³-hybridized carbons (Fsp3) is 0.200. The zero-order valence-electron chi connectivity index (χ0n) is 12.4. The van der Waals surface area contributed by atoms with Gasteiger partial charge in [-0.1, -0.05) is 30.3 Å². The van der Waals surface area contributed by atoms with Crippen molar-refractivity contribution in [2.45, 2.75) is 18.4 Å². The third kappa shape index (κ3) is 10.5. The van der Waals surface area contributed by atoms with Gasteiger partial charge in [0.2, 0.25) is 0 Å². The second-order valence-electron chi connectivity index (χ2n) is 3.74. The van der Waals surface area contributed by atoms with E-state index >= 15 is 0 Å². The Morgan fingerprint density at radius 3 is 1.87 bits per heavy atom. The van der Waals surface area contributed by atoms with Crippen LogP contribution in [-0.4, -0.2) is 6.61 Å². The normalized spacial score (nSPS) is 8.04. The Morgan fingerprint density at radius 2 is 1.35 bits per heavy atom. The summed E-state index contributed by atoms with van der Waals surface area (Å²) in [5.41, 5.74) is 1.14. The first-order valence-corrected chi connectivity index (χ1v) is 6.69. The van der Waals surface area contributed by atoms with Crippen LogP contribution in [0.5, 0.6) is 5.75 Å². The zero-order valence-corrected chi connectivity index (χ0v) is 13.2. The van der Waals surface area contributed by atoms with Crippen molar-refractivity contribution >= 4 is 12.0 Å². The molecule has 2 aromatic rings. The van der Waals surface area contributed by atoms with Crippen molar-refractivity contribution in [2.24, 2.45) is 0 Å². The Bertz CT molecular complexity index is 471. The summed E-state index contributed by atoms with van der Waals surface area (Å²) in [6, 6.07) is 18.0. The van der Waals surface area contributed by atoms with E-state index in [1.165, 1.54) is 12.0 Å². The lowest BCUT2D eigenvalue weighted by atomic mass is 10.2. The molecule has 0 spiro atoms. The summed E-state index contributed by atoms with van der Waals surface area (Å²) >= 11 is 1.40. The first-order valence-electron chi connectivity index (χ1n) is 5.94. The van der Waals surface area contributed by atoms with Crippen molar-refractivity contribution in [3.8, 4) is 5.75 Å². The zero-order chi connectivity index (χ0) is 12.6. The van der Waals surface area contributed by atoms with Gasteiger partial charge in [-0.2, -0.15) is 0 Å². The molecule has 0 aliphatic heterocycles. The minimum atomic E-state index is 0. The Hall–Kier alpha value is -1.80. The van der Waals surface area contributed by atoms with Crippen LogP contribution in [-0.2, 0) is 10.8 Å². The molecule has 0 saturated heterocycles. The molecule has 0 atom stereocenters. The maximum atomic E-state index is 5.58. The van der Waals surface area contributed by atoms with E-state index in [9.17, 15) is 0 Å². The molecule has 0 radical (unpaired) electrons. The summed E-state index contributed by atoms with van der Waals surface area (Å²) in [4.78, 5) is 1.11. The molecule has 2 rings (SSSR count). The summed E-state index contributed by atoms with van der Waals surface area (Å²) in [5, 5.41) is 0. The number of halogens is 5. The molecule has 2 aromatic carbocycles. The average molecular weight is 360 g/mol. The van der Waals surface area contributed by atoms with Crippen molar-refractivity contribution in [3.05, 3.63) is 60.2 Å². The Morgan fingerprint density at radius 1 is 0.783 bits per heavy atom. The van der Waals surface area contributed by atoms with Gasteiger partial charge in [-0.15, -0.1) is 0 Å². The van der Waals surface area contributed by atoms with Gasteiger partial charge >= 0.3 is 0 Å². The van der Waals surface area contributed by atoms with Crippen LogP contribution in [0.3, 0.4) is 0 Å². The second kappa shape index (κ2) is 16.6. The van der Waals surface area contributed by atoms with Gasteiger partial charge in [-0.3, -0.25) is 23.5 Å². The van der Waals surface area contributed by atoms with Crippen molar-refractivity contribution < 1.29 is 32.4 Å². The summed E-state index contributed by atoms with van der Waals surface area (Å²) in [5.74, 6) is 0.900. The van der Waals surface area contributed by atoms with E-state index in [4.69, 9.17) is 8.92 Å². The van der Waals surface area contributed by atoms with E-state index in [0.717, 1.165) is 16.2 Å². The third-order valence-corrected chi connectivity index (χ3v) is 3.06. The molecule has 2 nitrogen and oxygen atoms in total. The summed E-state index contributed by atoms with van der Waals surface area (Å²) < 4.78 is 11.0. The van der Waals surface area contributed by atoms with Gasteiger partial charge in [0.1, 0.15) is 5.75 Å². The van der Waals surface area contributed by atoms with Gasteiger partial charge in [0, 0.05) is 16.9 Å². The molecule has 134 valence electrons. The first kappa shape index (κ1) is 29.2. The number of hydrogen-bond acceptors (Lipinski definition) is 3. The van der Waals surface area contributed by atoms with Crippen LogP contribution in [0.2, 0.25) is 0 Å². The molecule has 0 N–H and O–H groups in total. The standard InChI is InChI=1S/C15H16O2S.5FH/c1-2-16-14-10-8-13(9-11-14)12-17-18-15-6-4-3-5-7-15;;;;;/h3-11H,2,12H2,1H3;5*1H. The van der Waals surface area contributed by atoms with Gasteiger partial charge in [0.15, 0.2) is 0 Å². The molecule has 0 aliphatic rings. The fourth-order valence-corrected chi connectivity index (χ4v) is 2.09. The van der Waals surface area contributed by atoms with Gasteiger partial charge < -0.3 is 8.92 Å². The molecule has 0 bridgehead atoms. The number of rotatable bonds is 6. The van der Waals surface area contributed by atoms with Crippen LogP contribution in [0.15, 0.2) is 59.5 Å². The van der Waals surface area contributed by atoms with Gasteiger partial charge in [-0.25, -0.2) is 0 Å². The van der Waals surface area contributed by atoms with Crippen LogP contribution in [0.25, 0.3) is 0 Å². The van der Waals surface area contributed by atoms with Crippen LogP contribution in [0.1, 0.15) is 12.5 Å². The molecule has 23 heavy (non-hydrogen) atoms. The van der Waals surface area contributed by atoms with E-state index < -0.39 is 0 Å². The molecular weight excluding hydrogens is 339 g/mol. The summed E-state index contributed by atoms with van der Waals surface area (Å²) in [6.07, 6.45) is 0. The minimum Gasteiger partial charge on any atom is -0.494 e. The Balaban J connectivity index is -0.000000361. The van der Waals surface area contributed by atoms with Crippen LogP contribution in [0, 0.1) is 0 Å². The Labute approximate surface area is 136 Å². The maximum absolute atomic E-state index is 5.58. The largest absolute Gasteiger partial charge is 0.494 e. The summed E-state index contributed by atoms with van der Waals surface area (Å²) in [7, 11) is 0. The molecule has 0 aromatic heterocycles.